The number of rotatable bonds is 6. The van der Waals surface area contributed by atoms with Crippen molar-refractivity contribution in [2.24, 2.45) is 0 Å². The Bertz CT molecular complexity index is 981. The van der Waals surface area contributed by atoms with E-state index >= 15 is 0 Å². The highest BCUT2D eigenvalue weighted by Crippen LogP contribution is 2.24. The van der Waals surface area contributed by atoms with Gasteiger partial charge in [0.25, 0.3) is 0 Å². The molecule has 0 N–H and O–H groups in total. The highest BCUT2D eigenvalue weighted by atomic mass is 16.3. The molecule has 1 aromatic carbocycles. The number of imidazole rings is 1. The topological polar surface area (TPSA) is 48.8 Å². The smallest absolute Gasteiger partial charge is 0.0959 e. The molecule has 0 aliphatic heterocycles. The molecule has 0 saturated heterocycles. The molecule has 0 spiro atoms. The Balaban J connectivity index is 1.66. The van der Waals surface area contributed by atoms with Gasteiger partial charge in [-0.1, -0.05) is 30.3 Å². The molecule has 3 aromatic heterocycles. The summed E-state index contributed by atoms with van der Waals surface area (Å²) in [4.78, 5) is 4.71. The normalized spacial score (nSPS) is 11.2. The van der Waals surface area contributed by atoms with Gasteiger partial charge in [0.2, 0.25) is 0 Å². The Morgan fingerprint density at radius 3 is 2.62 bits per heavy atom. The van der Waals surface area contributed by atoms with E-state index in [1.54, 1.807) is 12.5 Å². The van der Waals surface area contributed by atoms with Gasteiger partial charge in [0.05, 0.1) is 36.8 Å². The number of hydrogen-bond donors (Lipinski definition) is 0. The van der Waals surface area contributed by atoms with E-state index < -0.39 is 0 Å². The molecule has 4 aromatic rings. The predicted octanol–water partition coefficient (Wildman–Crippen LogP) is 4.25. The summed E-state index contributed by atoms with van der Waals surface area (Å²) in [6.45, 7) is 5.71. The Labute approximate surface area is 152 Å². The molecule has 0 bridgehead atoms. The molecular weight excluding hydrogens is 324 g/mol. The van der Waals surface area contributed by atoms with Crippen LogP contribution in [0.3, 0.4) is 0 Å². The van der Waals surface area contributed by atoms with Crippen LogP contribution in [0.2, 0.25) is 0 Å². The molecule has 5 heteroatoms. The van der Waals surface area contributed by atoms with Crippen LogP contribution < -0.4 is 0 Å². The molecule has 0 fully saturated rings. The largest absolute Gasteiger partial charge is 0.472 e. The Hall–Kier alpha value is -3.08. The number of benzene rings is 1. The Kier molecular flexibility index (Phi) is 4.44. The van der Waals surface area contributed by atoms with Crippen LogP contribution in [0.5, 0.6) is 0 Å². The van der Waals surface area contributed by atoms with Crippen molar-refractivity contribution >= 4 is 0 Å². The Morgan fingerprint density at radius 1 is 1.08 bits per heavy atom. The summed E-state index contributed by atoms with van der Waals surface area (Å²) >= 11 is 0. The molecule has 0 aliphatic rings. The average molecular weight is 346 g/mol. The van der Waals surface area contributed by atoms with Gasteiger partial charge >= 0.3 is 0 Å². The Morgan fingerprint density at radius 2 is 1.92 bits per heavy atom. The van der Waals surface area contributed by atoms with Crippen molar-refractivity contribution in [3.63, 3.8) is 0 Å². The van der Waals surface area contributed by atoms with E-state index in [4.69, 9.17) is 9.40 Å². The van der Waals surface area contributed by atoms with Gasteiger partial charge in [0, 0.05) is 35.5 Å². The van der Waals surface area contributed by atoms with Crippen molar-refractivity contribution in [2.45, 2.75) is 33.4 Å². The second-order valence-corrected chi connectivity index (χ2v) is 6.57. The SMILES string of the molecule is Cc1cc(C)n(CCc2c(-c3ccccc3)ncn2Cc2ccoc2)n1. The molecule has 0 atom stereocenters. The molecule has 4 rings (SSSR count). The first-order chi connectivity index (χ1) is 12.7. The van der Waals surface area contributed by atoms with E-state index in [0.29, 0.717) is 0 Å². The first kappa shape index (κ1) is 16.4. The van der Waals surface area contributed by atoms with Crippen molar-refractivity contribution in [3.8, 4) is 11.3 Å². The molecule has 0 saturated carbocycles. The second kappa shape index (κ2) is 7.04. The van der Waals surface area contributed by atoms with Crippen LogP contribution in [0.1, 0.15) is 22.6 Å². The minimum atomic E-state index is 0.753. The van der Waals surface area contributed by atoms with Crippen LogP contribution in [0.25, 0.3) is 11.3 Å². The van der Waals surface area contributed by atoms with E-state index in [1.165, 1.54) is 11.4 Å². The summed E-state index contributed by atoms with van der Waals surface area (Å²) in [5.41, 5.74) is 6.76. The summed E-state index contributed by atoms with van der Waals surface area (Å²) in [6.07, 6.45) is 6.28. The molecule has 0 radical (unpaired) electrons. The van der Waals surface area contributed by atoms with E-state index in [-0.39, 0.29) is 0 Å². The highest BCUT2D eigenvalue weighted by molar-refractivity contribution is 5.61. The standard InChI is InChI=1S/C21H22N4O/c1-16-12-17(2)25(23-16)10-8-20-21(19-6-4-3-5-7-19)22-15-24(20)13-18-9-11-26-14-18/h3-7,9,11-12,14-15H,8,10,13H2,1-2H3. The van der Waals surface area contributed by atoms with Gasteiger partial charge in [-0.3, -0.25) is 4.68 Å². The van der Waals surface area contributed by atoms with Crippen LogP contribution in [-0.4, -0.2) is 19.3 Å². The summed E-state index contributed by atoms with van der Waals surface area (Å²) < 4.78 is 9.49. The fourth-order valence-electron chi connectivity index (χ4n) is 3.34. The third-order valence-electron chi connectivity index (χ3n) is 4.59. The predicted molar refractivity (Wildman–Crippen MR) is 101 cm³/mol. The highest BCUT2D eigenvalue weighted by Gasteiger charge is 2.14. The zero-order valence-corrected chi connectivity index (χ0v) is 15.1. The van der Waals surface area contributed by atoms with Crippen LogP contribution in [0.4, 0.5) is 0 Å². The fraction of sp³-hybridized carbons (Fsp3) is 0.238. The lowest BCUT2D eigenvalue weighted by atomic mass is 10.1. The summed E-state index contributed by atoms with van der Waals surface area (Å²) in [5, 5.41) is 4.59. The van der Waals surface area contributed by atoms with Crippen LogP contribution in [0.15, 0.2) is 65.7 Å². The molecule has 3 heterocycles. The lowest BCUT2D eigenvalue weighted by Crippen LogP contribution is -2.10. The fourth-order valence-corrected chi connectivity index (χ4v) is 3.34. The maximum Gasteiger partial charge on any atom is 0.0959 e. The van der Waals surface area contributed by atoms with E-state index in [2.05, 4.69) is 51.6 Å². The summed E-state index contributed by atoms with van der Waals surface area (Å²) in [5.74, 6) is 0. The van der Waals surface area contributed by atoms with Gasteiger partial charge in [-0.05, 0) is 26.0 Å². The zero-order chi connectivity index (χ0) is 17.9. The minimum absolute atomic E-state index is 0.753. The molecule has 132 valence electrons. The number of aromatic nitrogens is 4. The second-order valence-electron chi connectivity index (χ2n) is 6.57. The number of hydrogen-bond acceptors (Lipinski definition) is 3. The molecular formula is C21H22N4O. The van der Waals surface area contributed by atoms with Crippen molar-refractivity contribution in [1.29, 1.82) is 0 Å². The first-order valence-corrected chi connectivity index (χ1v) is 8.82. The summed E-state index contributed by atoms with van der Waals surface area (Å²) in [6, 6.07) is 14.5. The van der Waals surface area contributed by atoms with Crippen molar-refractivity contribution < 1.29 is 4.42 Å². The van der Waals surface area contributed by atoms with E-state index in [1.807, 2.05) is 25.4 Å². The van der Waals surface area contributed by atoms with Crippen molar-refractivity contribution in [3.05, 3.63) is 84.0 Å². The van der Waals surface area contributed by atoms with E-state index in [0.717, 1.165) is 42.0 Å². The zero-order valence-electron chi connectivity index (χ0n) is 15.1. The lowest BCUT2D eigenvalue weighted by Gasteiger charge is -2.11. The van der Waals surface area contributed by atoms with Crippen molar-refractivity contribution in [2.75, 3.05) is 0 Å². The van der Waals surface area contributed by atoms with Crippen LogP contribution in [-0.2, 0) is 19.5 Å². The van der Waals surface area contributed by atoms with Crippen LogP contribution in [0, 0.1) is 13.8 Å². The quantitative estimate of drug-likeness (QED) is 0.524. The molecule has 26 heavy (non-hydrogen) atoms. The number of nitrogens with zero attached hydrogens (tertiary/aromatic N) is 4. The lowest BCUT2D eigenvalue weighted by molar-refractivity contribution is 0.558. The van der Waals surface area contributed by atoms with Gasteiger partial charge in [-0.2, -0.15) is 5.10 Å². The number of aryl methyl sites for hydroxylation is 3. The van der Waals surface area contributed by atoms with Gasteiger partial charge in [-0.15, -0.1) is 0 Å². The van der Waals surface area contributed by atoms with Gasteiger partial charge in [-0.25, -0.2) is 4.98 Å². The maximum atomic E-state index is 5.22. The van der Waals surface area contributed by atoms with Gasteiger partial charge < -0.3 is 8.98 Å². The third-order valence-corrected chi connectivity index (χ3v) is 4.59. The van der Waals surface area contributed by atoms with Crippen molar-refractivity contribution in [1.82, 2.24) is 19.3 Å². The maximum absolute atomic E-state index is 5.22. The molecule has 5 nitrogen and oxygen atoms in total. The molecule has 0 aliphatic carbocycles. The minimum Gasteiger partial charge on any atom is -0.472 e. The van der Waals surface area contributed by atoms with Gasteiger partial charge in [0.1, 0.15) is 0 Å². The third kappa shape index (κ3) is 3.33. The average Bonchev–Trinajstić information content (AvgIpc) is 3.36. The molecule has 0 amide bonds. The van der Waals surface area contributed by atoms with Gasteiger partial charge in [0.15, 0.2) is 0 Å². The molecule has 0 unspecified atom stereocenters. The van der Waals surface area contributed by atoms with Crippen LogP contribution >= 0.6 is 0 Å². The van der Waals surface area contributed by atoms with E-state index in [9.17, 15) is 0 Å². The monoisotopic (exact) mass is 346 g/mol. The number of furan rings is 1. The first-order valence-electron chi connectivity index (χ1n) is 8.82. The summed E-state index contributed by atoms with van der Waals surface area (Å²) in [7, 11) is 0.